The van der Waals surface area contributed by atoms with Crippen LogP contribution in [0.1, 0.15) is 60.8 Å². The average molecular weight is 387 g/mol. The number of carboxylic acids is 1. The minimum Gasteiger partial charge on any atom is -0.481 e. The monoisotopic (exact) mass is 386 g/mol. The Labute approximate surface area is 169 Å². The Hall–Kier alpha value is -2.36. The predicted octanol–water partition coefficient (Wildman–Crippen LogP) is 5.78. The number of aliphatic carboxylic acids is 1. The molecule has 28 heavy (non-hydrogen) atoms. The first-order chi connectivity index (χ1) is 13.0. The van der Waals surface area contributed by atoms with E-state index in [0.717, 1.165) is 11.1 Å². The van der Waals surface area contributed by atoms with Gasteiger partial charge in [0.1, 0.15) is 6.61 Å². The van der Waals surface area contributed by atoms with E-state index in [1.165, 1.54) is 43.4 Å². The largest absolute Gasteiger partial charge is 0.481 e. The summed E-state index contributed by atoms with van der Waals surface area (Å²) in [4.78, 5) is 22.4. The highest BCUT2D eigenvalue weighted by atomic mass is 16.5. The lowest BCUT2D eigenvalue weighted by Gasteiger charge is -2.32. The van der Waals surface area contributed by atoms with Crippen molar-refractivity contribution < 1.29 is 19.4 Å². The van der Waals surface area contributed by atoms with Crippen LogP contribution < -0.4 is 0 Å². The van der Waals surface area contributed by atoms with Crippen LogP contribution in [0.25, 0.3) is 0 Å². The van der Waals surface area contributed by atoms with Gasteiger partial charge in [0.2, 0.25) is 0 Å². The summed E-state index contributed by atoms with van der Waals surface area (Å²) in [6.07, 6.45) is 15.1. The van der Waals surface area contributed by atoms with E-state index in [4.69, 9.17) is 9.84 Å². The number of carbonyl (C=O) groups excluding carboxylic acids is 1. The third kappa shape index (κ3) is 8.12. The van der Waals surface area contributed by atoms with Crippen molar-refractivity contribution in [2.75, 3.05) is 6.61 Å². The number of ether oxygens (including phenoxy) is 1. The molecule has 154 valence electrons. The Kier molecular flexibility index (Phi) is 9.17. The van der Waals surface area contributed by atoms with Gasteiger partial charge in [0.15, 0.2) is 0 Å². The van der Waals surface area contributed by atoms with Crippen molar-refractivity contribution in [1.82, 2.24) is 0 Å². The Bertz CT molecular complexity index is 730. The van der Waals surface area contributed by atoms with Gasteiger partial charge in [-0.2, -0.15) is 0 Å². The van der Waals surface area contributed by atoms with Crippen molar-refractivity contribution >= 4 is 11.9 Å². The van der Waals surface area contributed by atoms with E-state index in [9.17, 15) is 9.59 Å². The molecule has 1 rings (SSSR count). The Morgan fingerprint density at radius 2 is 1.89 bits per heavy atom. The number of hydrogen-bond acceptors (Lipinski definition) is 3. The third-order valence-electron chi connectivity index (χ3n) is 5.02. The van der Waals surface area contributed by atoms with Crippen molar-refractivity contribution in [2.45, 2.75) is 60.8 Å². The molecule has 0 spiro atoms. The van der Waals surface area contributed by atoms with Gasteiger partial charge in [0, 0.05) is 6.08 Å². The van der Waals surface area contributed by atoms with Crippen molar-refractivity contribution in [3.63, 3.8) is 0 Å². The molecule has 1 aliphatic carbocycles. The second-order valence-corrected chi connectivity index (χ2v) is 8.29. The summed E-state index contributed by atoms with van der Waals surface area (Å²) in [6, 6.07) is 0. The quantitative estimate of drug-likeness (QED) is 0.326. The van der Waals surface area contributed by atoms with Crippen molar-refractivity contribution in [1.29, 1.82) is 0 Å². The van der Waals surface area contributed by atoms with E-state index in [-0.39, 0.29) is 12.0 Å². The van der Waals surface area contributed by atoms with E-state index in [1.807, 2.05) is 25.2 Å². The number of esters is 1. The number of carboxylic acid groups (broad SMARTS) is 1. The molecule has 1 N–H and O–H groups in total. The van der Waals surface area contributed by atoms with E-state index in [2.05, 4.69) is 32.9 Å². The van der Waals surface area contributed by atoms with Crippen molar-refractivity contribution in [3.05, 3.63) is 58.7 Å². The van der Waals surface area contributed by atoms with Gasteiger partial charge in [0.25, 0.3) is 0 Å². The minimum atomic E-state index is -0.982. The molecule has 1 aliphatic rings. The molecule has 4 nitrogen and oxygen atoms in total. The van der Waals surface area contributed by atoms with Gasteiger partial charge in [-0.25, -0.2) is 4.79 Å². The fourth-order valence-corrected chi connectivity index (χ4v) is 3.19. The van der Waals surface area contributed by atoms with Crippen LogP contribution in [0.15, 0.2) is 58.7 Å². The zero-order valence-corrected chi connectivity index (χ0v) is 18.0. The molecular weight excluding hydrogens is 352 g/mol. The highest BCUT2D eigenvalue weighted by Crippen LogP contribution is 2.40. The minimum absolute atomic E-state index is 0.128. The first kappa shape index (κ1) is 23.7. The molecule has 0 heterocycles. The smallest absolute Gasteiger partial charge is 0.331 e. The summed E-state index contributed by atoms with van der Waals surface area (Å²) in [5.74, 6) is -2.22. The number of hydrogen-bond donors (Lipinski definition) is 1. The Balaban J connectivity index is 2.65. The lowest BCUT2D eigenvalue weighted by atomic mass is 9.72. The van der Waals surface area contributed by atoms with Crippen LogP contribution >= 0.6 is 0 Å². The maximum atomic E-state index is 11.7. The Morgan fingerprint density at radius 3 is 2.50 bits per heavy atom. The molecule has 0 radical (unpaired) electrons. The molecular formula is C24H34O4. The van der Waals surface area contributed by atoms with E-state index >= 15 is 0 Å². The maximum Gasteiger partial charge on any atom is 0.331 e. The second kappa shape index (κ2) is 10.8. The predicted molar refractivity (Wildman–Crippen MR) is 114 cm³/mol. The number of rotatable bonds is 8. The van der Waals surface area contributed by atoms with E-state index in [1.54, 1.807) is 6.92 Å². The maximum absolute atomic E-state index is 11.7. The van der Waals surface area contributed by atoms with Gasteiger partial charge in [-0.3, -0.25) is 4.79 Å². The first-order valence-electron chi connectivity index (χ1n) is 9.84. The molecule has 1 unspecified atom stereocenters. The standard InChI is InChI=1S/C24H34O4/c1-17(12-13-21-19(3)11-8-14-24(21,5)6)9-7-10-18(2)15-22(25)28-16-20(4)23(26)27/h7,9-10,12-13,15,20H,8,11,14,16H2,1-6H3,(H,26,27)/b10-7?,13-12?,17-9?,18-15+. The van der Waals surface area contributed by atoms with Crippen molar-refractivity contribution in [2.24, 2.45) is 11.3 Å². The van der Waals surface area contributed by atoms with Crippen molar-refractivity contribution in [3.8, 4) is 0 Å². The highest BCUT2D eigenvalue weighted by molar-refractivity contribution is 5.83. The summed E-state index contributed by atoms with van der Waals surface area (Å²) in [5.41, 5.74) is 5.01. The van der Waals surface area contributed by atoms with Gasteiger partial charge < -0.3 is 9.84 Å². The van der Waals surface area contributed by atoms with Crippen LogP contribution in [0.3, 0.4) is 0 Å². The Morgan fingerprint density at radius 1 is 1.21 bits per heavy atom. The third-order valence-corrected chi connectivity index (χ3v) is 5.02. The zero-order valence-electron chi connectivity index (χ0n) is 18.0. The molecule has 0 saturated heterocycles. The fourth-order valence-electron chi connectivity index (χ4n) is 3.19. The van der Waals surface area contributed by atoms with Crippen LogP contribution in [0.5, 0.6) is 0 Å². The second-order valence-electron chi connectivity index (χ2n) is 8.29. The first-order valence-corrected chi connectivity index (χ1v) is 9.84. The SMILES string of the molecule is CC(C=CC1=C(C)CCCC1(C)C)=CC=C/C(C)=C/C(=O)OCC(C)C(=O)O. The molecule has 0 fully saturated rings. The normalized spacial score (nSPS) is 19.4. The molecule has 1 atom stereocenters. The topological polar surface area (TPSA) is 63.6 Å². The van der Waals surface area contributed by atoms with Gasteiger partial charge in [-0.05, 0) is 63.5 Å². The molecule has 4 heteroatoms. The van der Waals surface area contributed by atoms with E-state index < -0.39 is 17.9 Å². The van der Waals surface area contributed by atoms with Crippen LogP contribution in [0, 0.1) is 11.3 Å². The molecule has 0 aromatic rings. The summed E-state index contributed by atoms with van der Waals surface area (Å²) in [6.45, 7) is 12.1. The van der Waals surface area contributed by atoms with Gasteiger partial charge in [-0.15, -0.1) is 0 Å². The zero-order chi connectivity index (χ0) is 21.3. The summed E-state index contributed by atoms with van der Waals surface area (Å²) >= 11 is 0. The molecule has 0 aromatic carbocycles. The molecule has 0 bridgehead atoms. The molecule has 0 amide bonds. The van der Waals surface area contributed by atoms with Gasteiger partial charge >= 0.3 is 11.9 Å². The van der Waals surface area contributed by atoms with Gasteiger partial charge in [0.05, 0.1) is 5.92 Å². The molecule has 0 saturated carbocycles. The van der Waals surface area contributed by atoms with Crippen LogP contribution in [-0.2, 0) is 14.3 Å². The molecule has 0 aromatic heterocycles. The highest BCUT2D eigenvalue weighted by Gasteiger charge is 2.26. The summed E-state index contributed by atoms with van der Waals surface area (Å²) in [5, 5.41) is 8.78. The molecule has 0 aliphatic heterocycles. The fraction of sp³-hybridized carbons (Fsp3) is 0.500. The number of carbonyl (C=O) groups is 2. The summed E-state index contributed by atoms with van der Waals surface area (Å²) in [7, 11) is 0. The lowest BCUT2D eigenvalue weighted by Crippen LogP contribution is -2.19. The lowest BCUT2D eigenvalue weighted by molar-refractivity contribution is -0.147. The van der Waals surface area contributed by atoms with E-state index in [0.29, 0.717) is 0 Å². The van der Waals surface area contributed by atoms with Crippen LogP contribution in [-0.4, -0.2) is 23.7 Å². The van der Waals surface area contributed by atoms with Gasteiger partial charge in [-0.1, -0.05) is 55.4 Å². The van der Waals surface area contributed by atoms with Crippen LogP contribution in [0.2, 0.25) is 0 Å². The summed E-state index contributed by atoms with van der Waals surface area (Å²) < 4.78 is 4.94. The van der Waals surface area contributed by atoms with Crippen LogP contribution in [0.4, 0.5) is 0 Å². The number of allylic oxidation sites excluding steroid dienone is 9. The average Bonchev–Trinajstić information content (AvgIpc) is 2.58.